The van der Waals surface area contributed by atoms with Crippen LogP contribution in [-0.2, 0) is 10.0 Å². The summed E-state index contributed by atoms with van der Waals surface area (Å²) in [6, 6.07) is 0. The lowest BCUT2D eigenvalue weighted by atomic mass is 10.2. The minimum atomic E-state index is -2.97. The van der Waals surface area contributed by atoms with Gasteiger partial charge in [0.15, 0.2) is 0 Å². The van der Waals surface area contributed by atoms with Crippen LogP contribution in [0.2, 0.25) is 0 Å². The third kappa shape index (κ3) is 4.49. The molecular formula is C10H22N2O2S. The third-order valence-corrected chi connectivity index (χ3v) is 4.65. The average Bonchev–Trinajstić information content (AvgIpc) is 2.18. The normalized spacial score (nSPS) is 23.3. The van der Waals surface area contributed by atoms with E-state index in [-0.39, 0.29) is 0 Å². The predicted molar refractivity (Wildman–Crippen MR) is 62.4 cm³/mol. The lowest BCUT2D eigenvalue weighted by Crippen LogP contribution is -2.42. The van der Waals surface area contributed by atoms with Gasteiger partial charge in [-0.25, -0.2) is 12.7 Å². The Labute approximate surface area is 93.1 Å². The number of hydrogen-bond acceptors (Lipinski definition) is 3. The molecule has 1 aliphatic rings. The van der Waals surface area contributed by atoms with Crippen molar-refractivity contribution in [3.63, 3.8) is 0 Å². The summed E-state index contributed by atoms with van der Waals surface area (Å²) < 4.78 is 25.3. The fourth-order valence-corrected chi connectivity index (χ4v) is 3.31. The minimum Gasteiger partial charge on any atom is -0.315 e. The second-order valence-electron chi connectivity index (χ2n) is 4.03. The molecule has 1 saturated heterocycles. The molecular weight excluding hydrogens is 212 g/mol. The van der Waals surface area contributed by atoms with Crippen molar-refractivity contribution in [1.82, 2.24) is 9.62 Å². The van der Waals surface area contributed by atoms with Crippen LogP contribution in [0.3, 0.4) is 0 Å². The fourth-order valence-electron chi connectivity index (χ4n) is 1.77. The average molecular weight is 234 g/mol. The maximum atomic E-state index is 11.8. The number of unbranched alkanes of at least 4 members (excludes halogenated alkanes) is 2. The lowest BCUT2D eigenvalue weighted by molar-refractivity contribution is 0.385. The highest BCUT2D eigenvalue weighted by Crippen LogP contribution is 2.07. The van der Waals surface area contributed by atoms with E-state index in [1.807, 2.05) is 0 Å². The molecule has 1 heterocycles. The van der Waals surface area contributed by atoms with E-state index in [1.54, 1.807) is 4.31 Å². The highest BCUT2D eigenvalue weighted by atomic mass is 32.2. The summed E-state index contributed by atoms with van der Waals surface area (Å²) in [5.41, 5.74) is 0. The van der Waals surface area contributed by atoms with Gasteiger partial charge in [-0.1, -0.05) is 19.8 Å². The third-order valence-electron chi connectivity index (χ3n) is 2.70. The smallest absolute Gasteiger partial charge is 0.214 e. The Kier molecular flexibility index (Phi) is 5.56. The number of nitrogens with zero attached hydrogens (tertiary/aromatic N) is 1. The molecule has 0 amide bonds. The summed E-state index contributed by atoms with van der Waals surface area (Å²) in [7, 11) is -2.97. The van der Waals surface area contributed by atoms with Crippen LogP contribution in [0.4, 0.5) is 0 Å². The number of rotatable bonds is 4. The Morgan fingerprint density at radius 2 is 2.07 bits per heavy atom. The molecule has 5 heteroatoms. The van der Waals surface area contributed by atoms with Gasteiger partial charge in [0.25, 0.3) is 0 Å². The zero-order valence-corrected chi connectivity index (χ0v) is 10.4. The molecule has 1 N–H and O–H groups in total. The zero-order chi connectivity index (χ0) is 11.1. The Morgan fingerprint density at radius 1 is 1.27 bits per heavy atom. The van der Waals surface area contributed by atoms with Gasteiger partial charge in [0, 0.05) is 19.6 Å². The van der Waals surface area contributed by atoms with Gasteiger partial charge in [-0.3, -0.25) is 0 Å². The van der Waals surface area contributed by atoms with E-state index < -0.39 is 10.0 Å². The van der Waals surface area contributed by atoms with E-state index in [4.69, 9.17) is 0 Å². The molecule has 1 aliphatic heterocycles. The van der Waals surface area contributed by atoms with Gasteiger partial charge in [0.2, 0.25) is 10.0 Å². The molecule has 0 bridgehead atoms. The molecule has 0 aliphatic carbocycles. The fraction of sp³-hybridized carbons (Fsp3) is 1.00. The van der Waals surface area contributed by atoms with Crippen LogP contribution in [0.1, 0.15) is 32.6 Å². The number of nitrogens with one attached hydrogen (secondary N) is 1. The van der Waals surface area contributed by atoms with Gasteiger partial charge >= 0.3 is 0 Å². The van der Waals surface area contributed by atoms with Crippen molar-refractivity contribution in [2.45, 2.75) is 32.6 Å². The first-order chi connectivity index (χ1) is 7.17. The molecule has 90 valence electrons. The first-order valence-electron chi connectivity index (χ1n) is 5.85. The summed E-state index contributed by atoms with van der Waals surface area (Å²) in [6.45, 7) is 5.06. The van der Waals surface area contributed by atoms with Crippen LogP contribution in [0, 0.1) is 0 Å². The van der Waals surface area contributed by atoms with Crippen molar-refractivity contribution >= 4 is 10.0 Å². The van der Waals surface area contributed by atoms with Crippen molar-refractivity contribution in [3.05, 3.63) is 0 Å². The van der Waals surface area contributed by atoms with E-state index in [2.05, 4.69) is 12.2 Å². The van der Waals surface area contributed by atoms with Crippen LogP contribution in [0.5, 0.6) is 0 Å². The largest absolute Gasteiger partial charge is 0.315 e. The molecule has 0 aromatic rings. The van der Waals surface area contributed by atoms with E-state index in [0.717, 1.165) is 38.8 Å². The molecule has 0 aromatic carbocycles. The monoisotopic (exact) mass is 234 g/mol. The first-order valence-corrected chi connectivity index (χ1v) is 7.46. The van der Waals surface area contributed by atoms with Crippen molar-refractivity contribution < 1.29 is 8.42 Å². The Balaban J connectivity index is 2.48. The van der Waals surface area contributed by atoms with E-state index in [1.165, 1.54) is 0 Å². The predicted octanol–water partition coefficient (Wildman–Crippen LogP) is 0.802. The van der Waals surface area contributed by atoms with E-state index >= 15 is 0 Å². The lowest BCUT2D eigenvalue weighted by Gasteiger charge is -2.24. The van der Waals surface area contributed by atoms with E-state index in [0.29, 0.717) is 18.8 Å². The van der Waals surface area contributed by atoms with Crippen LogP contribution in [0.15, 0.2) is 0 Å². The minimum absolute atomic E-state index is 0.298. The van der Waals surface area contributed by atoms with Crippen molar-refractivity contribution in [3.8, 4) is 0 Å². The van der Waals surface area contributed by atoms with Gasteiger partial charge in [0.1, 0.15) is 0 Å². The Hall–Kier alpha value is -0.130. The second kappa shape index (κ2) is 6.45. The first kappa shape index (κ1) is 12.9. The van der Waals surface area contributed by atoms with E-state index in [9.17, 15) is 8.42 Å². The summed E-state index contributed by atoms with van der Waals surface area (Å²) in [5.74, 6) is 0.298. The summed E-state index contributed by atoms with van der Waals surface area (Å²) in [4.78, 5) is 0. The molecule has 0 atom stereocenters. The molecule has 4 nitrogen and oxygen atoms in total. The van der Waals surface area contributed by atoms with Crippen LogP contribution in [-0.4, -0.2) is 44.7 Å². The standard InChI is InChI=1S/C10H22N2O2S/c1-2-3-4-8-12-9-7-11-6-5-10-15(12,13)14/h11H,2-10H2,1H3. The quantitative estimate of drug-likeness (QED) is 0.732. The summed E-state index contributed by atoms with van der Waals surface area (Å²) in [6.07, 6.45) is 3.95. The maximum Gasteiger partial charge on any atom is 0.214 e. The zero-order valence-electron chi connectivity index (χ0n) is 9.54. The van der Waals surface area contributed by atoms with Gasteiger partial charge in [-0.15, -0.1) is 0 Å². The molecule has 15 heavy (non-hydrogen) atoms. The Bertz CT molecular complexity index is 265. The SMILES string of the molecule is CCCCCN1CCNCCCS1(=O)=O. The van der Waals surface area contributed by atoms with Crippen molar-refractivity contribution in [2.75, 3.05) is 31.9 Å². The molecule has 0 spiro atoms. The van der Waals surface area contributed by atoms with Crippen LogP contribution >= 0.6 is 0 Å². The number of sulfonamides is 1. The second-order valence-corrected chi connectivity index (χ2v) is 6.11. The van der Waals surface area contributed by atoms with Crippen molar-refractivity contribution in [2.24, 2.45) is 0 Å². The molecule has 0 unspecified atom stereocenters. The molecule has 0 saturated carbocycles. The summed E-state index contributed by atoms with van der Waals surface area (Å²) in [5, 5.41) is 3.24. The van der Waals surface area contributed by atoms with Crippen LogP contribution < -0.4 is 5.32 Å². The summed E-state index contributed by atoms with van der Waals surface area (Å²) >= 11 is 0. The molecule has 1 rings (SSSR count). The van der Waals surface area contributed by atoms with Gasteiger partial charge in [-0.05, 0) is 19.4 Å². The molecule has 0 aromatic heterocycles. The Morgan fingerprint density at radius 3 is 2.80 bits per heavy atom. The maximum absolute atomic E-state index is 11.8. The van der Waals surface area contributed by atoms with Gasteiger partial charge in [-0.2, -0.15) is 0 Å². The van der Waals surface area contributed by atoms with Gasteiger partial charge < -0.3 is 5.32 Å². The highest BCUT2D eigenvalue weighted by Gasteiger charge is 2.21. The molecule has 0 radical (unpaired) electrons. The van der Waals surface area contributed by atoms with Crippen molar-refractivity contribution in [1.29, 1.82) is 0 Å². The molecule has 1 fully saturated rings. The highest BCUT2D eigenvalue weighted by molar-refractivity contribution is 7.89. The topological polar surface area (TPSA) is 49.4 Å². The number of hydrogen-bond donors (Lipinski definition) is 1. The van der Waals surface area contributed by atoms with Gasteiger partial charge in [0.05, 0.1) is 5.75 Å². The van der Waals surface area contributed by atoms with Crippen LogP contribution in [0.25, 0.3) is 0 Å².